The van der Waals surface area contributed by atoms with Gasteiger partial charge < -0.3 is 9.84 Å². The highest BCUT2D eigenvalue weighted by Gasteiger charge is 2.50. The number of halogens is 5. The molecule has 1 N–H and O–H groups in total. The second-order valence-electron chi connectivity index (χ2n) is 11.5. The van der Waals surface area contributed by atoms with Gasteiger partial charge in [0.15, 0.2) is 11.1 Å². The number of benzene rings is 4. The van der Waals surface area contributed by atoms with Crippen LogP contribution in [0.1, 0.15) is 35.2 Å². The molecule has 1 aromatic heterocycles. The van der Waals surface area contributed by atoms with E-state index in [1.807, 2.05) is 0 Å². The van der Waals surface area contributed by atoms with E-state index >= 15 is 8.78 Å². The van der Waals surface area contributed by atoms with Crippen LogP contribution >= 0.6 is 0 Å². The Morgan fingerprint density at radius 3 is 2.18 bits per heavy atom. The van der Waals surface area contributed by atoms with Crippen molar-refractivity contribution in [3.05, 3.63) is 130 Å². The van der Waals surface area contributed by atoms with Crippen molar-refractivity contribution in [3.8, 4) is 16.9 Å². The first kappa shape index (κ1) is 33.8. The van der Waals surface area contributed by atoms with Crippen LogP contribution in [-0.2, 0) is 33.5 Å². The number of carbonyl (C=O) groups is 1. The number of nitrogens with zero attached hydrogens (tertiary/aromatic N) is 2. The van der Waals surface area contributed by atoms with Gasteiger partial charge in [-0.05, 0) is 53.1 Å². The summed E-state index contributed by atoms with van der Waals surface area (Å²) in [5.74, 6) is -5.39. The van der Waals surface area contributed by atoms with Gasteiger partial charge in [0.1, 0.15) is 5.75 Å². The summed E-state index contributed by atoms with van der Waals surface area (Å²) >= 11 is 0. The molecular weight excluding hydrogens is 671 g/mol. The van der Waals surface area contributed by atoms with Crippen LogP contribution in [0, 0.1) is 0 Å². The van der Waals surface area contributed by atoms with Crippen LogP contribution in [0.4, 0.5) is 22.0 Å². The molecule has 0 bridgehead atoms. The van der Waals surface area contributed by atoms with Crippen molar-refractivity contribution in [1.29, 1.82) is 0 Å². The summed E-state index contributed by atoms with van der Waals surface area (Å²) in [6.07, 6.45) is -4.96. The third-order valence-corrected chi connectivity index (χ3v) is 10.6. The summed E-state index contributed by atoms with van der Waals surface area (Å²) in [4.78, 5) is 26.6. The lowest BCUT2D eigenvalue weighted by Gasteiger charge is -2.40. The van der Waals surface area contributed by atoms with Gasteiger partial charge in [-0.25, -0.2) is 13.2 Å². The first-order valence-electron chi connectivity index (χ1n) is 14.8. The molecule has 1 aliphatic heterocycles. The maximum atomic E-state index is 17.0. The minimum absolute atomic E-state index is 0.0452. The number of ether oxygens (including phenoxy) is 1. The number of alkyl halides is 5. The third kappa shape index (κ3) is 5.74. The molecule has 0 aliphatic carbocycles. The Morgan fingerprint density at radius 1 is 0.878 bits per heavy atom. The molecule has 0 saturated heterocycles. The lowest BCUT2D eigenvalue weighted by atomic mass is 9.89. The number of hydrogen-bond donors (Lipinski definition) is 1. The standard InChI is InChI=1S/C35H27F5N2O6S/c1-20-31(33(44)45)42-29(43)18-28(34(36,37)27-12-6-8-22-7-3-4-11-26(22)27)30(23-9-5-10-24(17-23)35(38,39)40)32(42)49(46,47)41(20)19-21-13-15-25(48-2)16-14-21/h3-18,20,31H,19H2,1-2H3,(H,44,45). The SMILES string of the molecule is COc1ccc(CN2C(C)C(C(=O)O)n3c(c(-c4cccc(C(F)(F)F)c4)c(C(F)(F)c4cccc5ccccc45)cc3=O)S2(=O)=O)cc1. The molecule has 4 aromatic carbocycles. The number of carboxylic acids is 1. The van der Waals surface area contributed by atoms with Crippen LogP contribution in [0.5, 0.6) is 5.75 Å². The maximum absolute atomic E-state index is 17.0. The highest BCUT2D eigenvalue weighted by atomic mass is 32.2. The zero-order valence-electron chi connectivity index (χ0n) is 25.8. The van der Waals surface area contributed by atoms with Crippen molar-refractivity contribution < 1.29 is 45.0 Å². The first-order valence-corrected chi connectivity index (χ1v) is 16.2. The molecule has 6 rings (SSSR count). The van der Waals surface area contributed by atoms with Gasteiger partial charge in [-0.2, -0.15) is 26.3 Å². The minimum Gasteiger partial charge on any atom is -0.497 e. The van der Waals surface area contributed by atoms with Gasteiger partial charge in [0.05, 0.1) is 18.7 Å². The molecule has 5 aromatic rings. The molecule has 2 unspecified atom stereocenters. The fourth-order valence-electron chi connectivity index (χ4n) is 6.30. The molecule has 14 heteroatoms. The number of aliphatic carboxylic acids is 1. The van der Waals surface area contributed by atoms with Crippen molar-refractivity contribution in [2.75, 3.05) is 7.11 Å². The highest BCUT2D eigenvalue weighted by molar-refractivity contribution is 7.89. The van der Waals surface area contributed by atoms with Crippen molar-refractivity contribution >= 4 is 26.8 Å². The van der Waals surface area contributed by atoms with Gasteiger partial charge in [0.2, 0.25) is 0 Å². The van der Waals surface area contributed by atoms with Gasteiger partial charge in [-0.1, -0.05) is 66.7 Å². The fourth-order valence-corrected chi connectivity index (χ4v) is 8.33. The van der Waals surface area contributed by atoms with E-state index < -0.39 is 85.1 Å². The van der Waals surface area contributed by atoms with E-state index in [1.165, 1.54) is 56.5 Å². The van der Waals surface area contributed by atoms with Gasteiger partial charge in [-0.15, -0.1) is 0 Å². The smallest absolute Gasteiger partial charge is 0.416 e. The largest absolute Gasteiger partial charge is 0.497 e. The van der Waals surface area contributed by atoms with E-state index in [0.29, 0.717) is 39.5 Å². The van der Waals surface area contributed by atoms with E-state index in [0.717, 1.165) is 22.5 Å². The number of pyridine rings is 1. The summed E-state index contributed by atoms with van der Waals surface area (Å²) in [6.45, 7) is 0.787. The molecule has 49 heavy (non-hydrogen) atoms. The molecule has 0 radical (unpaired) electrons. The summed E-state index contributed by atoms with van der Waals surface area (Å²) in [5, 5.41) is 9.61. The lowest BCUT2D eigenvalue weighted by Crippen LogP contribution is -2.54. The molecule has 0 fully saturated rings. The predicted molar refractivity (Wildman–Crippen MR) is 170 cm³/mol. The predicted octanol–water partition coefficient (Wildman–Crippen LogP) is 7.05. The molecule has 0 saturated carbocycles. The number of aromatic nitrogens is 1. The average molecular weight is 699 g/mol. The van der Waals surface area contributed by atoms with Crippen molar-refractivity contribution in [2.45, 2.75) is 42.7 Å². The fraction of sp³-hybridized carbons (Fsp3) is 0.200. The monoisotopic (exact) mass is 698 g/mol. The van der Waals surface area contributed by atoms with Crippen LogP contribution in [0.15, 0.2) is 107 Å². The number of sulfonamides is 1. The Balaban J connectivity index is 1.72. The van der Waals surface area contributed by atoms with Crippen molar-refractivity contribution in [1.82, 2.24) is 8.87 Å². The average Bonchev–Trinajstić information content (AvgIpc) is 3.06. The number of hydrogen-bond acceptors (Lipinski definition) is 5. The second kappa shape index (κ2) is 12.1. The molecule has 2 atom stereocenters. The van der Waals surface area contributed by atoms with Crippen LogP contribution in [0.2, 0.25) is 0 Å². The number of fused-ring (bicyclic) bond motifs is 2. The number of rotatable bonds is 7. The first-order chi connectivity index (χ1) is 23.1. The molecule has 0 amide bonds. The van der Waals surface area contributed by atoms with Crippen LogP contribution in [0.25, 0.3) is 21.9 Å². The molecule has 2 heterocycles. The van der Waals surface area contributed by atoms with Crippen LogP contribution in [0.3, 0.4) is 0 Å². The van der Waals surface area contributed by atoms with Gasteiger partial charge in [-0.3, -0.25) is 9.36 Å². The van der Waals surface area contributed by atoms with Gasteiger partial charge >= 0.3 is 12.1 Å². The van der Waals surface area contributed by atoms with Crippen molar-refractivity contribution in [2.24, 2.45) is 0 Å². The summed E-state index contributed by atoms with van der Waals surface area (Å²) in [5.41, 5.74) is -5.69. The quantitative estimate of drug-likeness (QED) is 0.183. The van der Waals surface area contributed by atoms with Crippen LogP contribution in [-0.4, -0.2) is 41.5 Å². The number of methoxy groups -OCH3 is 1. The Bertz CT molecular complexity index is 2260. The zero-order chi connectivity index (χ0) is 35.5. The topological polar surface area (TPSA) is 106 Å². The van der Waals surface area contributed by atoms with E-state index in [1.54, 1.807) is 18.2 Å². The van der Waals surface area contributed by atoms with E-state index in [-0.39, 0.29) is 5.39 Å². The molecule has 254 valence electrons. The van der Waals surface area contributed by atoms with Gasteiger partial charge in [0.25, 0.3) is 21.5 Å². The Hall–Kier alpha value is -5.08. The normalized spacial score (nSPS) is 17.9. The van der Waals surface area contributed by atoms with E-state index in [4.69, 9.17) is 4.74 Å². The molecule has 0 spiro atoms. The maximum Gasteiger partial charge on any atom is 0.416 e. The third-order valence-electron chi connectivity index (χ3n) is 8.64. The van der Waals surface area contributed by atoms with E-state index in [9.17, 15) is 36.3 Å². The van der Waals surface area contributed by atoms with Crippen molar-refractivity contribution in [3.63, 3.8) is 0 Å². The Labute approximate surface area is 276 Å². The highest BCUT2D eigenvalue weighted by Crippen LogP contribution is 2.48. The number of carboxylic acid groups (broad SMARTS) is 1. The summed E-state index contributed by atoms with van der Waals surface area (Å²) < 4.78 is 112. The lowest BCUT2D eigenvalue weighted by molar-refractivity contribution is -0.143. The molecular formula is C35H27F5N2O6S. The summed E-state index contributed by atoms with van der Waals surface area (Å²) in [7, 11) is -3.67. The Morgan fingerprint density at radius 2 is 1.53 bits per heavy atom. The zero-order valence-corrected chi connectivity index (χ0v) is 26.6. The molecule has 1 aliphatic rings. The van der Waals surface area contributed by atoms with E-state index in [2.05, 4.69) is 0 Å². The second-order valence-corrected chi connectivity index (χ2v) is 13.4. The molecule has 8 nitrogen and oxygen atoms in total. The van der Waals surface area contributed by atoms with Crippen LogP contribution < -0.4 is 10.3 Å². The van der Waals surface area contributed by atoms with Gasteiger partial charge in [0, 0.05) is 29.3 Å². The Kier molecular flexibility index (Phi) is 8.35. The summed E-state index contributed by atoms with van der Waals surface area (Å²) in [6, 6.07) is 16.3. The minimum atomic E-state index is -5.08.